The predicted octanol–water partition coefficient (Wildman–Crippen LogP) is 2.53. The van der Waals surface area contributed by atoms with Crippen LogP contribution in [0, 0.1) is 0 Å². The SMILES string of the molecule is COC(=O)c1c(O)cnc(C(F)F)c1C(F)(F)F. The van der Waals surface area contributed by atoms with Crippen molar-refractivity contribution in [2.75, 3.05) is 7.11 Å². The fraction of sp³-hybridized carbons (Fsp3) is 0.333. The second-order valence-electron chi connectivity index (χ2n) is 3.07. The summed E-state index contributed by atoms with van der Waals surface area (Å²) in [7, 11) is 0.754. The van der Waals surface area contributed by atoms with Crippen molar-refractivity contribution in [3.63, 3.8) is 0 Å². The number of esters is 1. The summed E-state index contributed by atoms with van der Waals surface area (Å²) in [6.45, 7) is 0. The minimum Gasteiger partial charge on any atom is -0.505 e. The lowest BCUT2D eigenvalue weighted by atomic mass is 10.0. The van der Waals surface area contributed by atoms with Crippen molar-refractivity contribution in [1.29, 1.82) is 0 Å². The Morgan fingerprint density at radius 2 is 2.00 bits per heavy atom. The number of carbonyl (C=O) groups is 1. The Kier molecular flexibility index (Phi) is 3.73. The van der Waals surface area contributed by atoms with Gasteiger partial charge in [-0.25, -0.2) is 13.6 Å². The minimum atomic E-state index is -5.28. The van der Waals surface area contributed by atoms with Gasteiger partial charge in [0, 0.05) is 0 Å². The molecule has 1 aromatic rings. The van der Waals surface area contributed by atoms with Crippen LogP contribution in [0.3, 0.4) is 0 Å². The van der Waals surface area contributed by atoms with Gasteiger partial charge >= 0.3 is 12.1 Å². The van der Waals surface area contributed by atoms with Crippen LogP contribution in [0.1, 0.15) is 28.0 Å². The average molecular weight is 271 g/mol. The van der Waals surface area contributed by atoms with Gasteiger partial charge in [-0.05, 0) is 0 Å². The van der Waals surface area contributed by atoms with Gasteiger partial charge in [0.1, 0.15) is 22.6 Å². The third-order valence-electron chi connectivity index (χ3n) is 1.97. The molecular weight excluding hydrogens is 265 g/mol. The molecule has 0 aromatic carbocycles. The molecular formula is C9H6F5NO3. The number of methoxy groups -OCH3 is 1. The molecule has 1 heterocycles. The average Bonchev–Trinajstić information content (AvgIpc) is 2.25. The first-order valence-electron chi connectivity index (χ1n) is 4.35. The van der Waals surface area contributed by atoms with E-state index in [1.54, 1.807) is 0 Å². The molecule has 4 nitrogen and oxygen atoms in total. The summed E-state index contributed by atoms with van der Waals surface area (Å²) in [6.07, 6.45) is -8.49. The number of carbonyl (C=O) groups excluding carboxylic acids is 1. The van der Waals surface area contributed by atoms with Crippen molar-refractivity contribution in [2.45, 2.75) is 12.6 Å². The first-order chi connectivity index (χ1) is 8.20. The molecule has 0 bridgehead atoms. The van der Waals surface area contributed by atoms with Crippen LogP contribution in [0.15, 0.2) is 6.20 Å². The quantitative estimate of drug-likeness (QED) is 0.663. The molecule has 9 heteroatoms. The molecule has 0 fully saturated rings. The monoisotopic (exact) mass is 271 g/mol. The maximum absolute atomic E-state index is 12.7. The number of alkyl halides is 5. The number of ether oxygens (including phenoxy) is 1. The molecule has 1 aromatic heterocycles. The largest absolute Gasteiger partial charge is 0.505 e. The van der Waals surface area contributed by atoms with Gasteiger partial charge in [-0.2, -0.15) is 13.2 Å². The first kappa shape index (κ1) is 14.1. The topological polar surface area (TPSA) is 59.4 Å². The highest BCUT2D eigenvalue weighted by Crippen LogP contribution is 2.40. The normalized spacial score (nSPS) is 11.7. The number of halogens is 5. The number of nitrogens with zero attached hydrogens (tertiary/aromatic N) is 1. The zero-order valence-electron chi connectivity index (χ0n) is 8.76. The van der Waals surface area contributed by atoms with E-state index in [2.05, 4.69) is 9.72 Å². The summed E-state index contributed by atoms with van der Waals surface area (Å²) >= 11 is 0. The highest BCUT2D eigenvalue weighted by atomic mass is 19.4. The van der Waals surface area contributed by atoms with E-state index in [4.69, 9.17) is 5.11 Å². The van der Waals surface area contributed by atoms with Crippen LogP contribution in [0.5, 0.6) is 5.75 Å². The molecule has 0 radical (unpaired) electrons. The van der Waals surface area contributed by atoms with Crippen LogP contribution < -0.4 is 0 Å². The van der Waals surface area contributed by atoms with Crippen molar-refractivity contribution in [2.24, 2.45) is 0 Å². The molecule has 0 unspecified atom stereocenters. The third kappa shape index (κ3) is 2.49. The fourth-order valence-corrected chi connectivity index (χ4v) is 1.28. The van der Waals surface area contributed by atoms with E-state index in [1.807, 2.05) is 0 Å². The van der Waals surface area contributed by atoms with E-state index in [0.717, 1.165) is 7.11 Å². The molecule has 0 atom stereocenters. The van der Waals surface area contributed by atoms with E-state index in [0.29, 0.717) is 6.20 Å². The summed E-state index contributed by atoms with van der Waals surface area (Å²) in [5, 5.41) is 9.15. The van der Waals surface area contributed by atoms with Crippen molar-refractivity contribution >= 4 is 5.97 Å². The molecule has 1 rings (SSSR count). The van der Waals surface area contributed by atoms with E-state index in [-0.39, 0.29) is 0 Å². The third-order valence-corrected chi connectivity index (χ3v) is 1.97. The molecule has 0 aliphatic rings. The number of aromatic nitrogens is 1. The minimum absolute atomic E-state index is 0.336. The molecule has 1 N–H and O–H groups in total. The van der Waals surface area contributed by atoms with Crippen LogP contribution in [0.2, 0.25) is 0 Å². The van der Waals surface area contributed by atoms with Gasteiger partial charge < -0.3 is 9.84 Å². The van der Waals surface area contributed by atoms with Crippen LogP contribution in [0.25, 0.3) is 0 Å². The number of rotatable bonds is 2. The van der Waals surface area contributed by atoms with Crippen LogP contribution >= 0.6 is 0 Å². The molecule has 0 spiro atoms. The Hall–Kier alpha value is -1.93. The molecule has 100 valence electrons. The van der Waals surface area contributed by atoms with Gasteiger partial charge in [0.2, 0.25) is 0 Å². The zero-order chi connectivity index (χ0) is 14.1. The van der Waals surface area contributed by atoms with Gasteiger partial charge in [-0.15, -0.1) is 0 Å². The van der Waals surface area contributed by atoms with Crippen LogP contribution in [-0.2, 0) is 10.9 Å². The highest BCUT2D eigenvalue weighted by Gasteiger charge is 2.42. The molecule has 0 aliphatic carbocycles. The number of pyridine rings is 1. The van der Waals surface area contributed by atoms with Crippen LogP contribution in [-0.4, -0.2) is 23.2 Å². The molecule has 0 saturated heterocycles. The van der Waals surface area contributed by atoms with Crippen molar-refractivity contribution in [3.8, 4) is 5.75 Å². The van der Waals surface area contributed by atoms with Crippen molar-refractivity contribution in [1.82, 2.24) is 4.98 Å². The maximum Gasteiger partial charge on any atom is 0.419 e. The number of aromatic hydroxyl groups is 1. The lowest BCUT2D eigenvalue weighted by molar-refractivity contribution is -0.140. The molecule has 0 aliphatic heterocycles. The van der Waals surface area contributed by atoms with E-state index < -0.39 is 41.1 Å². The Morgan fingerprint density at radius 3 is 2.39 bits per heavy atom. The second-order valence-corrected chi connectivity index (χ2v) is 3.07. The highest BCUT2D eigenvalue weighted by molar-refractivity contribution is 5.94. The maximum atomic E-state index is 12.7. The lowest BCUT2D eigenvalue weighted by Gasteiger charge is -2.15. The fourth-order valence-electron chi connectivity index (χ4n) is 1.28. The molecule has 18 heavy (non-hydrogen) atoms. The summed E-state index contributed by atoms with van der Waals surface area (Å²) in [5.41, 5.74) is -5.01. The van der Waals surface area contributed by atoms with Gasteiger partial charge in [0.15, 0.2) is 0 Å². The smallest absolute Gasteiger partial charge is 0.419 e. The standard InChI is InChI=1S/C9H6F5NO3/c1-18-8(17)4-3(16)2-15-6(7(10)11)5(4)9(12,13)14/h2,7,16H,1H3. The van der Waals surface area contributed by atoms with E-state index in [9.17, 15) is 26.7 Å². The van der Waals surface area contributed by atoms with Crippen molar-refractivity contribution < 1.29 is 36.6 Å². The van der Waals surface area contributed by atoms with Crippen LogP contribution in [0.4, 0.5) is 22.0 Å². The first-order valence-corrected chi connectivity index (χ1v) is 4.35. The second kappa shape index (κ2) is 4.75. The van der Waals surface area contributed by atoms with Gasteiger partial charge in [0.05, 0.1) is 13.3 Å². The Morgan fingerprint density at radius 1 is 1.44 bits per heavy atom. The van der Waals surface area contributed by atoms with Gasteiger partial charge in [-0.3, -0.25) is 4.98 Å². The van der Waals surface area contributed by atoms with Gasteiger partial charge in [-0.1, -0.05) is 0 Å². The summed E-state index contributed by atoms with van der Waals surface area (Å²) in [5.74, 6) is -2.76. The molecule has 0 amide bonds. The van der Waals surface area contributed by atoms with Gasteiger partial charge in [0.25, 0.3) is 6.43 Å². The predicted molar refractivity (Wildman–Crippen MR) is 47.2 cm³/mol. The van der Waals surface area contributed by atoms with Crippen molar-refractivity contribution in [3.05, 3.63) is 23.0 Å². The lowest BCUT2D eigenvalue weighted by Crippen LogP contribution is -2.18. The summed E-state index contributed by atoms with van der Waals surface area (Å²) in [4.78, 5) is 13.9. The summed E-state index contributed by atoms with van der Waals surface area (Å²) < 4.78 is 66.9. The number of hydrogen-bond donors (Lipinski definition) is 1. The Bertz CT molecular complexity index is 472. The Balaban J connectivity index is 3.67. The molecule has 0 saturated carbocycles. The number of hydrogen-bond acceptors (Lipinski definition) is 4. The zero-order valence-corrected chi connectivity index (χ0v) is 8.76. The van der Waals surface area contributed by atoms with E-state index >= 15 is 0 Å². The van der Waals surface area contributed by atoms with E-state index in [1.165, 1.54) is 0 Å². The Labute approximate surface area is 97.0 Å². The summed E-state index contributed by atoms with van der Waals surface area (Å²) in [6, 6.07) is 0.